The number of fused-ring (bicyclic) bond motifs is 2. The highest BCUT2D eigenvalue weighted by Crippen LogP contribution is 2.37. The van der Waals surface area contributed by atoms with Crippen LogP contribution in [0.2, 0.25) is 0 Å². The SMILES string of the molecule is COC(=O)N1CCN(c2nc(OC[C@@H]3CCCN3C)nc3c2CCC(N2CCCc4ccccc42)C3)C[C@@H]1CC#N. The van der Waals surface area contributed by atoms with E-state index in [-0.39, 0.29) is 18.6 Å². The van der Waals surface area contributed by atoms with Gasteiger partial charge in [0, 0.05) is 55.9 Å². The number of nitriles is 1. The molecule has 2 saturated heterocycles. The Morgan fingerprint density at radius 1 is 1.07 bits per heavy atom. The predicted molar refractivity (Wildman–Crippen MR) is 156 cm³/mol. The number of nitrogens with zero attached hydrogens (tertiary/aromatic N) is 7. The lowest BCUT2D eigenvalue weighted by Crippen LogP contribution is -2.55. The molecule has 0 radical (unpaired) electrons. The number of likely N-dealkylation sites (N-methyl/N-ethyl adjacent to an activating group) is 1. The summed E-state index contributed by atoms with van der Waals surface area (Å²) < 4.78 is 11.3. The van der Waals surface area contributed by atoms with Gasteiger partial charge in [0.15, 0.2) is 0 Å². The number of aromatic nitrogens is 2. The first-order chi connectivity index (χ1) is 20.1. The van der Waals surface area contributed by atoms with Crippen molar-refractivity contribution in [1.29, 1.82) is 5.26 Å². The average molecular weight is 560 g/mol. The van der Waals surface area contributed by atoms with Crippen LogP contribution in [0, 0.1) is 11.3 Å². The van der Waals surface area contributed by atoms with E-state index < -0.39 is 0 Å². The molecule has 10 heteroatoms. The first kappa shape index (κ1) is 27.6. The Morgan fingerprint density at radius 2 is 1.95 bits per heavy atom. The summed E-state index contributed by atoms with van der Waals surface area (Å²) in [6.07, 6.45) is 7.24. The van der Waals surface area contributed by atoms with E-state index in [4.69, 9.17) is 19.4 Å². The molecule has 3 aliphatic heterocycles. The quantitative estimate of drug-likeness (QED) is 0.527. The van der Waals surface area contributed by atoms with Crippen molar-refractivity contribution in [2.24, 2.45) is 0 Å². The van der Waals surface area contributed by atoms with Crippen molar-refractivity contribution in [2.75, 3.05) is 63.3 Å². The molecule has 6 rings (SSSR count). The monoisotopic (exact) mass is 559 g/mol. The number of para-hydroxylation sites is 1. The Morgan fingerprint density at radius 3 is 2.76 bits per heavy atom. The first-order valence-electron chi connectivity index (χ1n) is 15.1. The van der Waals surface area contributed by atoms with Gasteiger partial charge in [-0.05, 0) is 63.7 Å². The number of rotatable bonds is 6. The van der Waals surface area contributed by atoms with E-state index >= 15 is 0 Å². The molecule has 41 heavy (non-hydrogen) atoms. The topological polar surface area (TPSA) is 98.1 Å². The smallest absolute Gasteiger partial charge is 0.409 e. The van der Waals surface area contributed by atoms with E-state index in [1.165, 1.54) is 36.8 Å². The molecule has 218 valence electrons. The fraction of sp³-hybridized carbons (Fsp3) is 0.613. The number of ether oxygens (including phenoxy) is 2. The van der Waals surface area contributed by atoms with Crippen LogP contribution in [0.1, 0.15) is 48.9 Å². The number of hydrogen-bond donors (Lipinski definition) is 0. The van der Waals surface area contributed by atoms with Crippen LogP contribution >= 0.6 is 0 Å². The van der Waals surface area contributed by atoms with Crippen LogP contribution in [0.4, 0.5) is 16.3 Å². The molecule has 2 fully saturated rings. The van der Waals surface area contributed by atoms with Crippen LogP contribution < -0.4 is 14.5 Å². The van der Waals surface area contributed by atoms with Gasteiger partial charge in [-0.1, -0.05) is 18.2 Å². The maximum atomic E-state index is 12.4. The Hall–Kier alpha value is -3.58. The Labute approximate surface area is 242 Å². The third-order valence-electron chi connectivity index (χ3n) is 9.39. The summed E-state index contributed by atoms with van der Waals surface area (Å²) >= 11 is 0. The summed E-state index contributed by atoms with van der Waals surface area (Å²) in [7, 11) is 3.54. The van der Waals surface area contributed by atoms with Crippen LogP contribution in [0.3, 0.4) is 0 Å². The van der Waals surface area contributed by atoms with E-state index in [0.29, 0.717) is 44.3 Å². The second-order valence-corrected chi connectivity index (χ2v) is 11.8. The third kappa shape index (κ3) is 5.65. The molecule has 4 heterocycles. The molecule has 1 aromatic carbocycles. The van der Waals surface area contributed by atoms with Crippen LogP contribution in [-0.4, -0.2) is 97.5 Å². The number of piperazine rings is 1. The molecule has 1 aliphatic carbocycles. The molecule has 0 saturated carbocycles. The molecule has 1 amide bonds. The van der Waals surface area contributed by atoms with Gasteiger partial charge in [0.2, 0.25) is 0 Å². The van der Waals surface area contributed by atoms with E-state index in [0.717, 1.165) is 56.7 Å². The molecule has 4 aliphatic rings. The maximum Gasteiger partial charge on any atom is 0.409 e. The fourth-order valence-corrected chi connectivity index (χ4v) is 7.14. The number of carbonyl (C=O) groups is 1. The normalized spacial score (nSPS) is 24.4. The lowest BCUT2D eigenvalue weighted by atomic mass is 9.88. The number of methoxy groups -OCH3 is 1. The standard InChI is InChI=1S/C31H41N7O3/c1-35-15-6-9-25(35)21-41-30-33-27-19-23(37-16-5-8-22-7-3-4-10-28(22)37)11-12-26(27)29(34-30)36-17-18-38(31(39)40-2)24(20-36)13-14-32/h3-4,7,10,23-25H,5-6,8-9,11-13,15-21H2,1-2H3/t23?,24-,25-/m0/s1. The minimum absolute atomic E-state index is 0.243. The minimum atomic E-state index is -0.385. The predicted octanol–water partition coefficient (Wildman–Crippen LogP) is 3.43. The fourth-order valence-electron chi connectivity index (χ4n) is 7.14. The van der Waals surface area contributed by atoms with Gasteiger partial charge in [-0.2, -0.15) is 15.2 Å². The minimum Gasteiger partial charge on any atom is -0.462 e. The first-order valence-corrected chi connectivity index (χ1v) is 15.1. The zero-order valence-corrected chi connectivity index (χ0v) is 24.3. The number of hydrogen-bond acceptors (Lipinski definition) is 9. The number of aryl methyl sites for hydroxylation is 1. The van der Waals surface area contributed by atoms with Crippen LogP contribution in [0.5, 0.6) is 6.01 Å². The molecule has 2 aromatic rings. The average Bonchev–Trinajstić information content (AvgIpc) is 3.43. The van der Waals surface area contributed by atoms with Gasteiger partial charge in [-0.15, -0.1) is 0 Å². The molecule has 1 unspecified atom stereocenters. The highest BCUT2D eigenvalue weighted by molar-refractivity contribution is 5.68. The van der Waals surface area contributed by atoms with Gasteiger partial charge in [0.05, 0.1) is 31.3 Å². The summed E-state index contributed by atoms with van der Waals surface area (Å²) in [5.41, 5.74) is 5.04. The maximum absolute atomic E-state index is 12.4. The molecular weight excluding hydrogens is 518 g/mol. The summed E-state index contributed by atoms with van der Waals surface area (Å²) in [4.78, 5) is 31.3. The highest BCUT2D eigenvalue weighted by atomic mass is 16.5. The van der Waals surface area contributed by atoms with Gasteiger partial charge in [-0.3, -0.25) is 0 Å². The lowest BCUT2D eigenvalue weighted by molar-refractivity contribution is 0.100. The number of likely N-dealkylation sites (tertiary alicyclic amines) is 1. The summed E-state index contributed by atoms with van der Waals surface area (Å²) in [5, 5.41) is 9.50. The van der Waals surface area contributed by atoms with Crippen molar-refractivity contribution >= 4 is 17.6 Å². The van der Waals surface area contributed by atoms with Crippen molar-refractivity contribution in [3.63, 3.8) is 0 Å². The van der Waals surface area contributed by atoms with Crippen molar-refractivity contribution in [3.8, 4) is 12.1 Å². The summed E-state index contributed by atoms with van der Waals surface area (Å²) in [6, 6.07) is 12.0. The van der Waals surface area contributed by atoms with E-state index in [9.17, 15) is 10.1 Å². The number of amides is 1. The second-order valence-electron chi connectivity index (χ2n) is 11.8. The van der Waals surface area contributed by atoms with Crippen molar-refractivity contribution < 1.29 is 14.3 Å². The molecular formula is C31H41N7O3. The van der Waals surface area contributed by atoms with E-state index in [2.05, 4.69) is 52.1 Å². The van der Waals surface area contributed by atoms with Gasteiger partial charge < -0.3 is 29.1 Å². The van der Waals surface area contributed by atoms with Crippen molar-refractivity contribution in [3.05, 3.63) is 41.1 Å². The number of anilines is 2. The molecule has 1 aromatic heterocycles. The van der Waals surface area contributed by atoms with Crippen LogP contribution in [0.25, 0.3) is 0 Å². The van der Waals surface area contributed by atoms with Gasteiger partial charge in [-0.25, -0.2) is 4.79 Å². The van der Waals surface area contributed by atoms with Crippen LogP contribution in [0.15, 0.2) is 24.3 Å². The zero-order chi connectivity index (χ0) is 28.3. The van der Waals surface area contributed by atoms with E-state index in [1.807, 2.05) is 0 Å². The van der Waals surface area contributed by atoms with Gasteiger partial charge >= 0.3 is 12.1 Å². The number of carbonyl (C=O) groups excluding carboxylic acids is 1. The van der Waals surface area contributed by atoms with Crippen LogP contribution in [-0.2, 0) is 24.0 Å². The molecule has 10 nitrogen and oxygen atoms in total. The zero-order valence-electron chi connectivity index (χ0n) is 24.3. The molecule has 3 atom stereocenters. The number of benzene rings is 1. The largest absolute Gasteiger partial charge is 0.462 e. The lowest BCUT2D eigenvalue weighted by Gasteiger charge is -2.43. The van der Waals surface area contributed by atoms with Crippen molar-refractivity contribution in [2.45, 2.75) is 69.5 Å². The van der Waals surface area contributed by atoms with Gasteiger partial charge in [0.25, 0.3) is 0 Å². The molecule has 0 bridgehead atoms. The second kappa shape index (κ2) is 12.1. The summed E-state index contributed by atoms with van der Waals surface area (Å²) in [5.74, 6) is 0.898. The highest BCUT2D eigenvalue weighted by Gasteiger charge is 2.36. The third-order valence-corrected chi connectivity index (χ3v) is 9.39. The molecule has 0 spiro atoms. The Balaban J connectivity index is 1.29. The van der Waals surface area contributed by atoms with Gasteiger partial charge in [0.1, 0.15) is 12.4 Å². The summed E-state index contributed by atoms with van der Waals surface area (Å²) in [6.45, 7) is 4.36. The molecule has 0 N–H and O–H groups in total. The van der Waals surface area contributed by atoms with E-state index in [1.54, 1.807) is 4.90 Å². The Bertz CT molecular complexity index is 1300. The Kier molecular flexibility index (Phi) is 8.15. The van der Waals surface area contributed by atoms with Crippen molar-refractivity contribution in [1.82, 2.24) is 19.8 Å².